The normalized spacial score (nSPS) is 15.2. The lowest BCUT2D eigenvalue weighted by Crippen LogP contribution is -2.29. The molecule has 3 aromatic rings. The highest BCUT2D eigenvalue weighted by Crippen LogP contribution is 2.31. The van der Waals surface area contributed by atoms with Gasteiger partial charge in [-0.2, -0.15) is 5.10 Å². The van der Waals surface area contributed by atoms with Crippen molar-refractivity contribution in [3.8, 4) is 0 Å². The molecule has 1 amide bonds. The first-order valence-electron chi connectivity index (χ1n) is 9.62. The summed E-state index contributed by atoms with van der Waals surface area (Å²) in [5, 5.41) is 7.93. The van der Waals surface area contributed by atoms with Crippen LogP contribution in [0, 0.1) is 0 Å². The van der Waals surface area contributed by atoms with Crippen LogP contribution in [0.25, 0.3) is 0 Å². The monoisotopic (exact) mass is 394 g/mol. The Morgan fingerprint density at radius 2 is 1.82 bits per heavy atom. The van der Waals surface area contributed by atoms with Crippen molar-refractivity contribution in [2.45, 2.75) is 25.3 Å². The van der Waals surface area contributed by atoms with E-state index < -0.39 is 6.04 Å². The Bertz CT molecular complexity index is 921. The third-order valence-corrected chi connectivity index (χ3v) is 5.37. The maximum absolute atomic E-state index is 13.1. The molecule has 5 nitrogen and oxygen atoms in total. The molecule has 1 aliphatic rings. The Kier molecular flexibility index (Phi) is 5.63. The molecular formula is C22H23ClN4O. The number of carbonyl (C=O) groups excluding carboxylic acids is 1. The van der Waals surface area contributed by atoms with Crippen LogP contribution < -0.4 is 10.2 Å². The molecule has 0 aliphatic carbocycles. The second kappa shape index (κ2) is 8.48. The van der Waals surface area contributed by atoms with E-state index in [1.165, 1.54) is 19.3 Å². The maximum Gasteiger partial charge on any atom is 0.253 e. The van der Waals surface area contributed by atoms with Crippen molar-refractivity contribution in [2.75, 3.05) is 23.3 Å². The van der Waals surface area contributed by atoms with Gasteiger partial charge < -0.3 is 10.2 Å². The van der Waals surface area contributed by atoms with E-state index in [9.17, 15) is 4.79 Å². The van der Waals surface area contributed by atoms with Gasteiger partial charge in [-0.15, -0.1) is 0 Å². The summed E-state index contributed by atoms with van der Waals surface area (Å²) in [4.78, 5) is 15.4. The minimum atomic E-state index is -0.545. The predicted molar refractivity (Wildman–Crippen MR) is 113 cm³/mol. The number of halogens is 1. The Morgan fingerprint density at radius 3 is 2.50 bits per heavy atom. The van der Waals surface area contributed by atoms with Crippen LogP contribution in [0.15, 0.2) is 67.0 Å². The van der Waals surface area contributed by atoms with Crippen LogP contribution in [-0.4, -0.2) is 28.8 Å². The number of nitrogens with one attached hydrogen (secondary N) is 1. The van der Waals surface area contributed by atoms with E-state index >= 15 is 0 Å². The summed E-state index contributed by atoms with van der Waals surface area (Å²) in [5.74, 6) is -0.156. The summed E-state index contributed by atoms with van der Waals surface area (Å²) in [7, 11) is 0. The molecule has 0 spiro atoms. The second-order valence-corrected chi connectivity index (χ2v) is 7.41. The number of hydrogen-bond donors (Lipinski definition) is 1. The van der Waals surface area contributed by atoms with Crippen molar-refractivity contribution < 1.29 is 4.79 Å². The number of hydrogen-bond acceptors (Lipinski definition) is 3. The van der Waals surface area contributed by atoms with Crippen molar-refractivity contribution in [3.63, 3.8) is 0 Å². The Morgan fingerprint density at radius 1 is 1.04 bits per heavy atom. The lowest BCUT2D eigenvalue weighted by Gasteiger charge is -2.29. The fourth-order valence-electron chi connectivity index (χ4n) is 3.68. The molecule has 6 heteroatoms. The van der Waals surface area contributed by atoms with E-state index in [-0.39, 0.29) is 5.91 Å². The van der Waals surface area contributed by atoms with E-state index in [2.05, 4.69) is 15.3 Å². The van der Waals surface area contributed by atoms with Gasteiger partial charge in [0, 0.05) is 31.2 Å². The average molecular weight is 395 g/mol. The number of carbonyl (C=O) groups is 1. The van der Waals surface area contributed by atoms with E-state index in [4.69, 9.17) is 11.6 Å². The molecule has 1 saturated heterocycles. The number of piperidine rings is 1. The highest BCUT2D eigenvalue weighted by atomic mass is 35.5. The van der Waals surface area contributed by atoms with Crippen molar-refractivity contribution in [3.05, 3.63) is 77.6 Å². The van der Waals surface area contributed by atoms with Crippen LogP contribution in [0.2, 0.25) is 5.02 Å². The summed E-state index contributed by atoms with van der Waals surface area (Å²) in [6.45, 7) is 2.06. The SMILES string of the molecule is O=C(Nc1ccc(N2CCCCC2)c(Cl)c1)C(c1ccccc1)n1cccn1. The fourth-order valence-corrected chi connectivity index (χ4v) is 3.98. The maximum atomic E-state index is 13.1. The predicted octanol–water partition coefficient (Wildman–Crippen LogP) is 4.75. The summed E-state index contributed by atoms with van der Waals surface area (Å²) < 4.78 is 1.66. The van der Waals surface area contributed by atoms with E-state index in [1.54, 1.807) is 17.1 Å². The third kappa shape index (κ3) is 4.04. The van der Waals surface area contributed by atoms with Gasteiger partial charge in [-0.05, 0) is 49.1 Å². The van der Waals surface area contributed by atoms with Crippen LogP contribution in [-0.2, 0) is 4.79 Å². The zero-order valence-electron chi connectivity index (χ0n) is 15.6. The summed E-state index contributed by atoms with van der Waals surface area (Å²) in [5.41, 5.74) is 2.59. The molecule has 1 fully saturated rings. The molecule has 0 radical (unpaired) electrons. The van der Waals surface area contributed by atoms with Gasteiger partial charge in [0.2, 0.25) is 0 Å². The van der Waals surface area contributed by atoms with Crippen LogP contribution in [0.5, 0.6) is 0 Å². The zero-order valence-corrected chi connectivity index (χ0v) is 16.3. The summed E-state index contributed by atoms with van der Waals surface area (Å²) >= 11 is 6.53. The second-order valence-electron chi connectivity index (χ2n) is 7.00. The molecule has 1 atom stereocenters. The number of aromatic nitrogens is 2. The van der Waals surface area contributed by atoms with Crippen molar-refractivity contribution >= 4 is 28.9 Å². The first kappa shape index (κ1) is 18.6. The highest BCUT2D eigenvalue weighted by Gasteiger charge is 2.23. The van der Waals surface area contributed by atoms with Crippen molar-refractivity contribution in [1.29, 1.82) is 0 Å². The molecule has 1 aliphatic heterocycles. The lowest BCUT2D eigenvalue weighted by molar-refractivity contribution is -0.118. The quantitative estimate of drug-likeness (QED) is 0.679. The Balaban J connectivity index is 1.55. The third-order valence-electron chi connectivity index (χ3n) is 5.07. The Labute approximate surface area is 169 Å². The largest absolute Gasteiger partial charge is 0.370 e. The van der Waals surface area contributed by atoms with Gasteiger partial charge >= 0.3 is 0 Å². The van der Waals surface area contributed by atoms with Crippen molar-refractivity contribution in [2.24, 2.45) is 0 Å². The molecule has 0 bridgehead atoms. The highest BCUT2D eigenvalue weighted by molar-refractivity contribution is 6.33. The van der Waals surface area contributed by atoms with Crippen LogP contribution in [0.3, 0.4) is 0 Å². The number of anilines is 2. The molecule has 1 aromatic heterocycles. The molecular weight excluding hydrogens is 372 g/mol. The van der Waals surface area contributed by atoms with Crippen LogP contribution in [0.1, 0.15) is 30.9 Å². The minimum Gasteiger partial charge on any atom is -0.370 e. The van der Waals surface area contributed by atoms with Gasteiger partial charge in [-0.3, -0.25) is 9.48 Å². The van der Waals surface area contributed by atoms with Gasteiger partial charge in [0.25, 0.3) is 5.91 Å². The molecule has 1 unspecified atom stereocenters. The Hall–Kier alpha value is -2.79. The van der Waals surface area contributed by atoms with Crippen LogP contribution >= 0.6 is 11.6 Å². The smallest absolute Gasteiger partial charge is 0.253 e. The number of amides is 1. The first-order valence-corrected chi connectivity index (χ1v) is 9.99. The molecule has 28 heavy (non-hydrogen) atoms. The molecule has 1 N–H and O–H groups in total. The number of rotatable bonds is 5. The van der Waals surface area contributed by atoms with Crippen molar-refractivity contribution in [1.82, 2.24) is 9.78 Å². The molecule has 2 heterocycles. The van der Waals surface area contributed by atoms with Crippen LogP contribution in [0.4, 0.5) is 11.4 Å². The lowest BCUT2D eigenvalue weighted by atomic mass is 10.1. The first-order chi connectivity index (χ1) is 13.7. The zero-order chi connectivity index (χ0) is 19.3. The molecule has 4 rings (SSSR count). The summed E-state index contributed by atoms with van der Waals surface area (Å²) in [6, 6.07) is 16.6. The van der Waals surface area contributed by atoms with E-state index in [0.717, 1.165) is 24.3 Å². The van der Waals surface area contributed by atoms with Gasteiger partial charge in [0.1, 0.15) is 0 Å². The van der Waals surface area contributed by atoms with Gasteiger partial charge in [-0.25, -0.2) is 0 Å². The topological polar surface area (TPSA) is 50.2 Å². The molecule has 144 valence electrons. The van der Waals surface area contributed by atoms with Gasteiger partial charge in [0.15, 0.2) is 6.04 Å². The number of nitrogens with zero attached hydrogens (tertiary/aromatic N) is 3. The summed E-state index contributed by atoms with van der Waals surface area (Å²) in [6.07, 6.45) is 7.13. The number of benzene rings is 2. The van der Waals surface area contributed by atoms with E-state index in [1.807, 2.05) is 54.6 Å². The van der Waals surface area contributed by atoms with Gasteiger partial charge in [-0.1, -0.05) is 41.9 Å². The fraction of sp³-hybridized carbons (Fsp3) is 0.273. The average Bonchev–Trinajstić information content (AvgIpc) is 3.24. The minimum absolute atomic E-state index is 0.156. The molecule has 0 saturated carbocycles. The van der Waals surface area contributed by atoms with E-state index in [0.29, 0.717) is 10.7 Å². The standard InChI is InChI=1S/C22H23ClN4O/c23-19-16-18(10-11-20(19)26-13-5-2-6-14-26)25-22(28)21(27-15-7-12-24-27)17-8-3-1-4-9-17/h1,3-4,7-12,15-16,21H,2,5-6,13-14H2,(H,25,28). The van der Waals surface area contributed by atoms with Gasteiger partial charge in [0.05, 0.1) is 10.7 Å². The molecule has 2 aromatic carbocycles.